The van der Waals surface area contributed by atoms with E-state index in [9.17, 15) is 0 Å². The smallest absolute Gasteiger partial charge is 0.231 e. The molecule has 0 saturated heterocycles. The van der Waals surface area contributed by atoms with Crippen molar-refractivity contribution >= 4 is 24.0 Å². The van der Waals surface area contributed by atoms with E-state index in [0.717, 1.165) is 30.6 Å². The van der Waals surface area contributed by atoms with Gasteiger partial charge in [0.05, 0.1) is 0 Å². The molecule has 0 radical (unpaired) electrons. The Bertz CT molecular complexity index is 402. The second kappa shape index (κ2) is 7.04. The second-order valence-corrected chi connectivity index (χ2v) is 4.53. The Morgan fingerprint density at radius 3 is 2.56 bits per heavy atom. The highest BCUT2D eigenvalue weighted by molar-refractivity contribution is 6.31. The predicted octanol–water partition coefficient (Wildman–Crippen LogP) is 2.62. The van der Waals surface area contributed by atoms with Crippen LogP contribution in [0.15, 0.2) is 12.1 Å². The minimum absolute atomic E-state index is 0. The average Bonchev–Trinajstić information content (AvgIpc) is 2.75. The molecule has 2 rings (SSSR count). The molecule has 1 aromatic carbocycles. The molecule has 1 heterocycles. The molecule has 1 aliphatic rings. The Balaban J connectivity index is 0.00000162. The molecular weight excluding hydrogens is 275 g/mol. The number of ether oxygens (including phenoxy) is 2. The largest absolute Gasteiger partial charge is 0.454 e. The minimum atomic E-state index is -0.0800. The molecule has 0 unspecified atom stereocenters. The highest BCUT2D eigenvalue weighted by atomic mass is 35.5. The van der Waals surface area contributed by atoms with Crippen LogP contribution in [0.4, 0.5) is 0 Å². The van der Waals surface area contributed by atoms with Crippen molar-refractivity contribution in [2.75, 3.05) is 13.3 Å². The maximum atomic E-state index is 6.18. The second-order valence-electron chi connectivity index (χ2n) is 4.12. The fourth-order valence-corrected chi connectivity index (χ4v) is 2.17. The Morgan fingerprint density at radius 1 is 1.22 bits per heavy atom. The van der Waals surface area contributed by atoms with E-state index in [1.807, 2.05) is 6.07 Å². The van der Waals surface area contributed by atoms with E-state index in [0.29, 0.717) is 17.3 Å². The van der Waals surface area contributed by atoms with E-state index in [2.05, 4.69) is 0 Å². The van der Waals surface area contributed by atoms with Gasteiger partial charge in [0.15, 0.2) is 11.5 Å². The van der Waals surface area contributed by atoms with Gasteiger partial charge in [-0.2, -0.15) is 0 Å². The lowest BCUT2D eigenvalue weighted by molar-refractivity contribution is 0.174. The molecule has 0 aromatic heterocycles. The fraction of sp³-hybridized carbons (Fsp3) is 0.500. The number of nitrogens with two attached hydrogens (primary N) is 2. The SMILES string of the molecule is Cl.NCCCC[C@@H](N)c1cc2c(cc1Cl)OCO2. The van der Waals surface area contributed by atoms with Crippen molar-refractivity contribution in [3.05, 3.63) is 22.7 Å². The zero-order chi connectivity index (χ0) is 12.3. The van der Waals surface area contributed by atoms with Crippen molar-refractivity contribution in [3.8, 4) is 11.5 Å². The van der Waals surface area contributed by atoms with Crippen molar-refractivity contribution in [1.29, 1.82) is 0 Å². The van der Waals surface area contributed by atoms with Crippen molar-refractivity contribution in [2.45, 2.75) is 25.3 Å². The maximum absolute atomic E-state index is 6.18. The standard InChI is InChI=1S/C12H17ClN2O2.ClH/c13-9-6-12-11(16-7-17-12)5-8(9)10(15)3-1-2-4-14;/h5-6,10H,1-4,7,14-15H2;1H/t10-;/m1./s1. The first-order chi connectivity index (χ1) is 8.22. The van der Waals surface area contributed by atoms with Crippen LogP contribution in [0.25, 0.3) is 0 Å². The topological polar surface area (TPSA) is 70.5 Å². The Labute approximate surface area is 118 Å². The lowest BCUT2D eigenvalue weighted by atomic mass is 10.0. The molecule has 102 valence electrons. The van der Waals surface area contributed by atoms with Crippen LogP contribution < -0.4 is 20.9 Å². The molecule has 6 heteroatoms. The van der Waals surface area contributed by atoms with Gasteiger partial charge >= 0.3 is 0 Å². The Kier molecular flexibility index (Phi) is 6.02. The number of rotatable bonds is 5. The number of halogens is 2. The fourth-order valence-electron chi connectivity index (χ4n) is 1.88. The molecule has 0 saturated carbocycles. The highest BCUT2D eigenvalue weighted by Crippen LogP contribution is 2.39. The zero-order valence-electron chi connectivity index (χ0n) is 10.0. The molecule has 18 heavy (non-hydrogen) atoms. The summed E-state index contributed by atoms with van der Waals surface area (Å²) < 4.78 is 10.6. The molecule has 0 fully saturated rings. The van der Waals surface area contributed by atoms with Crippen molar-refractivity contribution in [3.63, 3.8) is 0 Å². The van der Waals surface area contributed by atoms with Gasteiger partial charge in [0.1, 0.15) is 0 Å². The number of hydrogen-bond donors (Lipinski definition) is 2. The van der Waals surface area contributed by atoms with Crippen LogP contribution in [0.5, 0.6) is 11.5 Å². The zero-order valence-corrected chi connectivity index (χ0v) is 11.6. The first kappa shape index (κ1) is 15.4. The van der Waals surface area contributed by atoms with Gasteiger partial charge < -0.3 is 20.9 Å². The van der Waals surface area contributed by atoms with E-state index in [1.54, 1.807) is 6.07 Å². The summed E-state index contributed by atoms with van der Waals surface area (Å²) in [5.74, 6) is 1.41. The first-order valence-electron chi connectivity index (χ1n) is 5.77. The lowest BCUT2D eigenvalue weighted by Crippen LogP contribution is -2.11. The van der Waals surface area contributed by atoms with E-state index in [-0.39, 0.29) is 25.2 Å². The van der Waals surface area contributed by atoms with Crippen LogP contribution in [0.2, 0.25) is 5.02 Å². The quantitative estimate of drug-likeness (QED) is 0.819. The van der Waals surface area contributed by atoms with Gasteiger partial charge in [-0.3, -0.25) is 0 Å². The molecule has 1 atom stereocenters. The molecule has 4 N–H and O–H groups in total. The third-order valence-electron chi connectivity index (χ3n) is 2.86. The summed E-state index contributed by atoms with van der Waals surface area (Å²) in [5, 5.41) is 0.634. The number of fused-ring (bicyclic) bond motifs is 1. The molecule has 0 bridgehead atoms. The number of benzene rings is 1. The Hall–Kier alpha value is -0.680. The van der Waals surface area contributed by atoms with Crippen LogP contribution in [-0.4, -0.2) is 13.3 Å². The molecule has 4 nitrogen and oxygen atoms in total. The van der Waals surface area contributed by atoms with Crippen molar-refractivity contribution in [2.24, 2.45) is 11.5 Å². The summed E-state index contributed by atoms with van der Waals surface area (Å²) in [4.78, 5) is 0. The summed E-state index contributed by atoms with van der Waals surface area (Å²) in [6, 6.07) is 3.56. The number of unbranched alkanes of at least 4 members (excludes halogenated alkanes) is 1. The third kappa shape index (κ3) is 3.42. The van der Waals surface area contributed by atoms with Gasteiger partial charge in [-0.05, 0) is 31.0 Å². The summed E-state index contributed by atoms with van der Waals surface area (Å²) >= 11 is 6.18. The third-order valence-corrected chi connectivity index (χ3v) is 3.19. The molecular formula is C12H18Cl2N2O2. The molecule has 1 aliphatic heterocycles. The highest BCUT2D eigenvalue weighted by Gasteiger charge is 2.19. The van der Waals surface area contributed by atoms with E-state index in [4.69, 9.17) is 32.5 Å². The van der Waals surface area contributed by atoms with Crippen LogP contribution in [-0.2, 0) is 0 Å². The van der Waals surface area contributed by atoms with Crippen LogP contribution in [0.3, 0.4) is 0 Å². The maximum Gasteiger partial charge on any atom is 0.231 e. The normalized spacial score (nSPS) is 14.2. The predicted molar refractivity (Wildman–Crippen MR) is 74.7 cm³/mol. The van der Waals surface area contributed by atoms with Gasteiger partial charge in [0, 0.05) is 17.1 Å². The van der Waals surface area contributed by atoms with Crippen molar-refractivity contribution < 1.29 is 9.47 Å². The first-order valence-corrected chi connectivity index (χ1v) is 6.15. The van der Waals surface area contributed by atoms with E-state index in [1.165, 1.54) is 0 Å². The van der Waals surface area contributed by atoms with Gasteiger partial charge in [0.2, 0.25) is 6.79 Å². The summed E-state index contributed by atoms with van der Waals surface area (Å²) in [6.45, 7) is 0.944. The average molecular weight is 293 g/mol. The van der Waals surface area contributed by atoms with Gasteiger partial charge in [0.25, 0.3) is 0 Å². The summed E-state index contributed by atoms with van der Waals surface area (Å²) in [5.41, 5.74) is 12.5. The summed E-state index contributed by atoms with van der Waals surface area (Å²) in [7, 11) is 0. The summed E-state index contributed by atoms with van der Waals surface area (Å²) in [6.07, 6.45) is 2.86. The van der Waals surface area contributed by atoms with Crippen LogP contribution >= 0.6 is 24.0 Å². The number of hydrogen-bond acceptors (Lipinski definition) is 4. The molecule has 0 aliphatic carbocycles. The lowest BCUT2D eigenvalue weighted by Gasteiger charge is -2.14. The van der Waals surface area contributed by atoms with Crippen molar-refractivity contribution in [1.82, 2.24) is 0 Å². The molecule has 0 amide bonds. The van der Waals surface area contributed by atoms with E-state index < -0.39 is 0 Å². The van der Waals surface area contributed by atoms with Gasteiger partial charge in [-0.1, -0.05) is 18.0 Å². The monoisotopic (exact) mass is 292 g/mol. The van der Waals surface area contributed by atoms with Gasteiger partial charge in [-0.25, -0.2) is 0 Å². The van der Waals surface area contributed by atoms with Crippen LogP contribution in [0.1, 0.15) is 30.9 Å². The Morgan fingerprint density at radius 2 is 1.89 bits per heavy atom. The van der Waals surface area contributed by atoms with Crippen LogP contribution in [0, 0.1) is 0 Å². The molecule has 0 spiro atoms. The molecule has 1 aromatic rings. The van der Waals surface area contributed by atoms with Gasteiger partial charge in [-0.15, -0.1) is 12.4 Å². The minimum Gasteiger partial charge on any atom is -0.454 e. The van der Waals surface area contributed by atoms with E-state index >= 15 is 0 Å².